The standard InChI is InChI=1S/C19H16ClN5O.2C2HF3O2/c20-14-4-1-11(2-5-14)7-16(21)18-24-17-6-3-12(13-9-22-23-10-13)8-15(17)19(26)25-18;2*3-2(4,5)1(6)7/h1-6,8-10,16H,7,21H2,(H,22,23)(H,24,25,26);2*(H,6,7)/t16-;;/m0../s1. The highest BCUT2D eigenvalue weighted by molar-refractivity contribution is 6.30. The number of rotatable bonds is 4. The van der Waals surface area contributed by atoms with Crippen LogP contribution in [-0.2, 0) is 16.0 Å². The zero-order chi connectivity index (χ0) is 30.3. The molecule has 10 nitrogen and oxygen atoms in total. The number of halogens is 7. The second kappa shape index (κ2) is 13.1. The van der Waals surface area contributed by atoms with Gasteiger partial charge in [-0.3, -0.25) is 9.89 Å². The quantitative estimate of drug-likeness (QED) is 0.215. The summed E-state index contributed by atoms with van der Waals surface area (Å²) in [5, 5.41) is 22.1. The highest BCUT2D eigenvalue weighted by atomic mass is 35.5. The van der Waals surface area contributed by atoms with Crippen molar-refractivity contribution >= 4 is 34.4 Å². The van der Waals surface area contributed by atoms with Crippen LogP contribution in [0.1, 0.15) is 17.4 Å². The molecule has 214 valence electrons. The number of nitrogens with two attached hydrogens (primary N) is 1. The Bertz CT molecular complexity index is 1480. The number of fused-ring (bicyclic) bond motifs is 1. The van der Waals surface area contributed by atoms with E-state index in [0.717, 1.165) is 16.7 Å². The maximum Gasteiger partial charge on any atom is 0.490 e. The fourth-order valence-electron chi connectivity index (χ4n) is 2.89. The normalized spacial score (nSPS) is 12.0. The van der Waals surface area contributed by atoms with E-state index in [1.165, 1.54) is 0 Å². The van der Waals surface area contributed by atoms with Crippen LogP contribution < -0.4 is 11.3 Å². The topological polar surface area (TPSA) is 175 Å². The Morgan fingerprint density at radius 2 is 1.50 bits per heavy atom. The second-order valence-corrected chi connectivity index (χ2v) is 8.15. The van der Waals surface area contributed by atoms with Gasteiger partial charge in [-0.15, -0.1) is 0 Å². The molecule has 0 saturated heterocycles. The molecular weight excluding hydrogens is 576 g/mol. The third-order valence-electron chi connectivity index (χ3n) is 4.76. The number of nitrogens with zero attached hydrogens (tertiary/aromatic N) is 2. The predicted molar refractivity (Wildman–Crippen MR) is 129 cm³/mol. The molecule has 0 saturated carbocycles. The fourth-order valence-corrected chi connectivity index (χ4v) is 3.02. The highest BCUT2D eigenvalue weighted by Crippen LogP contribution is 2.22. The van der Waals surface area contributed by atoms with Crippen molar-refractivity contribution in [3.8, 4) is 11.1 Å². The van der Waals surface area contributed by atoms with Gasteiger partial charge in [0.1, 0.15) is 5.82 Å². The van der Waals surface area contributed by atoms with Crippen LogP contribution in [-0.4, -0.2) is 54.7 Å². The number of aromatic nitrogens is 4. The monoisotopic (exact) mass is 593 g/mol. The maximum absolute atomic E-state index is 12.5. The summed E-state index contributed by atoms with van der Waals surface area (Å²) in [4.78, 5) is 37.7. The van der Waals surface area contributed by atoms with Gasteiger partial charge in [0.2, 0.25) is 0 Å². The van der Waals surface area contributed by atoms with Crippen LogP contribution in [0.2, 0.25) is 5.02 Å². The molecule has 6 N–H and O–H groups in total. The molecule has 0 amide bonds. The van der Waals surface area contributed by atoms with Crippen molar-refractivity contribution in [2.45, 2.75) is 24.8 Å². The molecule has 0 aliphatic rings. The van der Waals surface area contributed by atoms with Gasteiger partial charge in [-0.2, -0.15) is 31.4 Å². The van der Waals surface area contributed by atoms with Gasteiger partial charge in [-0.05, 0) is 41.8 Å². The van der Waals surface area contributed by atoms with Crippen LogP contribution in [0.3, 0.4) is 0 Å². The summed E-state index contributed by atoms with van der Waals surface area (Å²) in [6.45, 7) is 0. The highest BCUT2D eigenvalue weighted by Gasteiger charge is 2.38. The van der Waals surface area contributed by atoms with Crippen molar-refractivity contribution in [2.24, 2.45) is 5.73 Å². The van der Waals surface area contributed by atoms with E-state index in [4.69, 9.17) is 37.1 Å². The number of carboxylic acid groups (broad SMARTS) is 2. The lowest BCUT2D eigenvalue weighted by atomic mass is 10.0. The van der Waals surface area contributed by atoms with Crippen molar-refractivity contribution in [1.82, 2.24) is 20.2 Å². The molecule has 0 aliphatic carbocycles. The lowest BCUT2D eigenvalue weighted by molar-refractivity contribution is -0.193. The smallest absolute Gasteiger partial charge is 0.475 e. The van der Waals surface area contributed by atoms with Gasteiger partial charge < -0.3 is 20.9 Å². The molecule has 0 fully saturated rings. The van der Waals surface area contributed by atoms with Crippen molar-refractivity contribution < 1.29 is 46.1 Å². The first-order valence-electron chi connectivity index (χ1n) is 10.6. The Kier molecular flexibility index (Phi) is 10.4. The molecule has 4 rings (SSSR count). The Balaban J connectivity index is 0.000000333. The maximum atomic E-state index is 12.5. The molecule has 2 aromatic heterocycles. The van der Waals surface area contributed by atoms with E-state index in [9.17, 15) is 31.1 Å². The van der Waals surface area contributed by atoms with Gasteiger partial charge in [0.05, 0.1) is 23.1 Å². The van der Waals surface area contributed by atoms with Gasteiger partial charge in [-0.1, -0.05) is 29.8 Å². The molecule has 0 aliphatic heterocycles. The SMILES string of the molecule is N[C@@H](Cc1ccc(Cl)cc1)c1nc2ccc(-c3cn[nH]c3)cc2c(=O)[nH]1.O=C(O)C(F)(F)F.O=C(O)C(F)(F)F. The van der Waals surface area contributed by atoms with Gasteiger partial charge in [0.25, 0.3) is 5.56 Å². The molecule has 2 aromatic carbocycles. The van der Waals surface area contributed by atoms with Crippen LogP contribution in [0, 0.1) is 0 Å². The summed E-state index contributed by atoms with van der Waals surface area (Å²) < 4.78 is 63.5. The average Bonchev–Trinajstić information content (AvgIpc) is 3.40. The first-order valence-corrected chi connectivity index (χ1v) is 11.0. The number of hydrogen-bond acceptors (Lipinski definition) is 6. The van der Waals surface area contributed by atoms with Crippen LogP contribution in [0.25, 0.3) is 22.0 Å². The van der Waals surface area contributed by atoms with Gasteiger partial charge in [-0.25, -0.2) is 14.6 Å². The van der Waals surface area contributed by atoms with Crippen molar-refractivity contribution in [3.63, 3.8) is 0 Å². The molecular formula is C23H18ClF6N5O5. The number of hydrogen-bond donors (Lipinski definition) is 5. The van der Waals surface area contributed by atoms with Crippen molar-refractivity contribution in [2.75, 3.05) is 0 Å². The molecule has 0 unspecified atom stereocenters. The predicted octanol–water partition coefficient (Wildman–Crippen LogP) is 4.48. The summed E-state index contributed by atoms with van der Waals surface area (Å²) in [5.74, 6) is -5.05. The van der Waals surface area contributed by atoms with E-state index in [-0.39, 0.29) is 5.56 Å². The van der Waals surface area contributed by atoms with E-state index >= 15 is 0 Å². The zero-order valence-corrected chi connectivity index (χ0v) is 20.5. The third kappa shape index (κ3) is 9.39. The number of aromatic amines is 2. The van der Waals surface area contributed by atoms with Crippen LogP contribution in [0.15, 0.2) is 59.7 Å². The number of carbonyl (C=O) groups is 2. The summed E-state index contributed by atoms with van der Waals surface area (Å²) in [6.07, 6.45) is -6.13. The number of benzene rings is 2. The minimum Gasteiger partial charge on any atom is -0.475 e. The lowest BCUT2D eigenvalue weighted by Crippen LogP contribution is -2.21. The Morgan fingerprint density at radius 3 is 1.98 bits per heavy atom. The Morgan fingerprint density at radius 1 is 0.950 bits per heavy atom. The Labute approximate surface area is 224 Å². The minimum atomic E-state index is -5.08. The lowest BCUT2D eigenvalue weighted by Gasteiger charge is -2.12. The molecule has 1 atom stereocenters. The van der Waals surface area contributed by atoms with Crippen molar-refractivity contribution in [3.05, 3.63) is 81.6 Å². The summed E-state index contributed by atoms with van der Waals surface area (Å²) >= 11 is 5.90. The Hall–Kier alpha value is -4.44. The molecule has 17 heteroatoms. The summed E-state index contributed by atoms with van der Waals surface area (Å²) in [5.41, 5.74) is 9.50. The number of alkyl halides is 6. The van der Waals surface area contributed by atoms with Crippen molar-refractivity contribution in [1.29, 1.82) is 0 Å². The number of nitrogens with one attached hydrogen (secondary N) is 2. The van der Waals surface area contributed by atoms with E-state index in [2.05, 4.69) is 20.2 Å². The fraction of sp³-hybridized carbons (Fsp3) is 0.174. The third-order valence-corrected chi connectivity index (χ3v) is 5.01. The number of H-pyrrole nitrogens is 2. The summed E-state index contributed by atoms with van der Waals surface area (Å²) in [7, 11) is 0. The molecule has 40 heavy (non-hydrogen) atoms. The van der Waals surface area contributed by atoms with Gasteiger partial charge in [0, 0.05) is 16.8 Å². The van der Waals surface area contributed by atoms with Crippen LogP contribution in [0.5, 0.6) is 0 Å². The van der Waals surface area contributed by atoms with Crippen LogP contribution >= 0.6 is 11.6 Å². The van der Waals surface area contributed by atoms with Crippen LogP contribution in [0.4, 0.5) is 26.3 Å². The minimum absolute atomic E-state index is 0.207. The molecule has 0 bridgehead atoms. The average molecular weight is 594 g/mol. The van der Waals surface area contributed by atoms with Gasteiger partial charge in [0.15, 0.2) is 0 Å². The molecule has 4 aromatic rings. The molecule has 2 heterocycles. The number of carboxylic acids is 2. The molecule has 0 spiro atoms. The largest absolute Gasteiger partial charge is 0.490 e. The first-order chi connectivity index (χ1) is 18.5. The summed E-state index contributed by atoms with van der Waals surface area (Å²) in [6, 6.07) is 12.6. The molecule has 0 radical (unpaired) electrons. The van der Waals surface area contributed by atoms with E-state index in [1.54, 1.807) is 18.5 Å². The number of aliphatic carboxylic acids is 2. The second-order valence-electron chi connectivity index (χ2n) is 7.71. The zero-order valence-electron chi connectivity index (χ0n) is 19.7. The van der Waals surface area contributed by atoms with E-state index < -0.39 is 30.3 Å². The van der Waals surface area contributed by atoms with E-state index in [0.29, 0.717) is 28.2 Å². The van der Waals surface area contributed by atoms with E-state index in [1.807, 2.05) is 36.4 Å². The first kappa shape index (κ1) is 31.8. The van der Waals surface area contributed by atoms with Gasteiger partial charge >= 0.3 is 24.3 Å².